The molecular weight excluding hydrogens is 489 g/mol. The van der Waals surface area contributed by atoms with Gasteiger partial charge in [0.25, 0.3) is 10.0 Å². The van der Waals surface area contributed by atoms with E-state index in [1.165, 1.54) is 37.8 Å². The second-order valence-corrected chi connectivity index (χ2v) is 13.6. The molecule has 3 aliphatic rings. The van der Waals surface area contributed by atoms with Crippen molar-refractivity contribution in [3.63, 3.8) is 0 Å². The molecule has 2 aliphatic heterocycles. The average Bonchev–Trinajstić information content (AvgIpc) is 3.07. The number of hydrogen-bond donors (Lipinski definition) is 1. The SMILES string of the molecule is CC1(C)CCN(C2(CC3(C)CN(c4cc(F)c(S(=O)(=O)Nc5cccc(F)n5)c(F)c4)C3)CCC2)C1. The maximum absolute atomic E-state index is 14.9. The maximum Gasteiger partial charge on any atom is 0.268 e. The molecule has 0 amide bonds. The zero-order chi connectivity index (χ0) is 25.9. The highest BCUT2D eigenvalue weighted by atomic mass is 32.2. The van der Waals surface area contributed by atoms with Crippen molar-refractivity contribution in [2.45, 2.75) is 63.3 Å². The molecule has 10 heteroatoms. The molecular formula is C26H33F3N4O2S. The molecule has 6 nitrogen and oxygen atoms in total. The quantitative estimate of drug-likeness (QED) is 0.509. The summed E-state index contributed by atoms with van der Waals surface area (Å²) in [6, 6.07) is 5.59. The molecule has 0 spiro atoms. The van der Waals surface area contributed by atoms with E-state index in [-0.39, 0.29) is 16.8 Å². The summed E-state index contributed by atoms with van der Waals surface area (Å²) in [6.45, 7) is 10.4. The van der Waals surface area contributed by atoms with Gasteiger partial charge in [-0.25, -0.2) is 22.2 Å². The third kappa shape index (κ3) is 4.69. The van der Waals surface area contributed by atoms with Crippen LogP contribution < -0.4 is 9.62 Å². The first kappa shape index (κ1) is 25.3. The van der Waals surface area contributed by atoms with Crippen LogP contribution >= 0.6 is 0 Å². The van der Waals surface area contributed by atoms with Crippen LogP contribution in [0.3, 0.4) is 0 Å². The Hall–Kier alpha value is -2.33. The van der Waals surface area contributed by atoms with Crippen LogP contribution in [0.15, 0.2) is 35.2 Å². The van der Waals surface area contributed by atoms with Crippen LogP contribution in [0.4, 0.5) is 24.7 Å². The number of nitrogens with zero attached hydrogens (tertiary/aromatic N) is 3. The number of rotatable bonds is 7. The van der Waals surface area contributed by atoms with Crippen molar-refractivity contribution in [3.8, 4) is 0 Å². The molecule has 2 aromatic rings. The van der Waals surface area contributed by atoms with Gasteiger partial charge in [-0.15, -0.1) is 0 Å². The van der Waals surface area contributed by atoms with Gasteiger partial charge in [-0.05, 0) is 68.3 Å². The van der Waals surface area contributed by atoms with Gasteiger partial charge >= 0.3 is 0 Å². The zero-order valence-electron chi connectivity index (χ0n) is 21.0. The van der Waals surface area contributed by atoms with Crippen LogP contribution in [0.1, 0.15) is 52.9 Å². The molecule has 1 saturated carbocycles. The number of benzene rings is 1. The molecule has 36 heavy (non-hydrogen) atoms. The highest BCUT2D eigenvalue weighted by Gasteiger charge is 2.52. The number of nitrogens with one attached hydrogen (secondary N) is 1. The summed E-state index contributed by atoms with van der Waals surface area (Å²) in [5.41, 5.74) is 0.899. The Balaban J connectivity index is 1.29. The fourth-order valence-corrected chi connectivity index (χ4v) is 7.43. The smallest absolute Gasteiger partial charge is 0.268 e. The first-order valence-electron chi connectivity index (χ1n) is 12.4. The Morgan fingerprint density at radius 3 is 2.19 bits per heavy atom. The summed E-state index contributed by atoms with van der Waals surface area (Å²) >= 11 is 0. The van der Waals surface area contributed by atoms with Crippen LogP contribution in [-0.2, 0) is 10.0 Å². The number of anilines is 2. The van der Waals surface area contributed by atoms with Crippen LogP contribution in [0.5, 0.6) is 0 Å². The largest absolute Gasteiger partial charge is 0.370 e. The van der Waals surface area contributed by atoms with Gasteiger partial charge in [-0.2, -0.15) is 4.39 Å². The molecule has 0 atom stereocenters. The first-order valence-corrected chi connectivity index (χ1v) is 13.9. The molecule has 3 fully saturated rings. The molecule has 0 unspecified atom stereocenters. The summed E-state index contributed by atoms with van der Waals surface area (Å²) in [5, 5.41) is 0. The molecule has 2 saturated heterocycles. The van der Waals surface area contributed by atoms with Crippen molar-refractivity contribution in [3.05, 3.63) is 47.9 Å². The van der Waals surface area contributed by atoms with E-state index in [0.717, 1.165) is 37.7 Å². The van der Waals surface area contributed by atoms with E-state index in [1.54, 1.807) is 0 Å². The summed E-state index contributed by atoms with van der Waals surface area (Å²) in [6.07, 6.45) is 5.88. The molecule has 1 aliphatic carbocycles. The summed E-state index contributed by atoms with van der Waals surface area (Å²) in [4.78, 5) is 6.85. The van der Waals surface area contributed by atoms with E-state index in [1.807, 2.05) is 9.62 Å². The fraction of sp³-hybridized carbons (Fsp3) is 0.577. The lowest BCUT2D eigenvalue weighted by Crippen LogP contribution is -2.63. The number of halogens is 3. The number of likely N-dealkylation sites (tertiary alicyclic amines) is 1. The van der Waals surface area contributed by atoms with Crippen LogP contribution in [0.25, 0.3) is 0 Å². The van der Waals surface area contributed by atoms with Crippen LogP contribution in [-0.4, -0.2) is 50.0 Å². The van der Waals surface area contributed by atoms with E-state index in [4.69, 9.17) is 0 Å². The van der Waals surface area contributed by atoms with Crippen molar-refractivity contribution >= 4 is 21.5 Å². The van der Waals surface area contributed by atoms with Crippen molar-refractivity contribution in [2.24, 2.45) is 10.8 Å². The van der Waals surface area contributed by atoms with Gasteiger partial charge in [0.2, 0.25) is 5.95 Å². The van der Waals surface area contributed by atoms with Gasteiger partial charge in [-0.3, -0.25) is 9.62 Å². The van der Waals surface area contributed by atoms with E-state index < -0.39 is 32.5 Å². The fourth-order valence-electron chi connectivity index (χ4n) is 6.31. The molecule has 0 radical (unpaired) electrons. The van der Waals surface area contributed by atoms with Crippen molar-refractivity contribution in [1.82, 2.24) is 9.88 Å². The highest BCUT2D eigenvalue weighted by molar-refractivity contribution is 7.92. The zero-order valence-corrected chi connectivity index (χ0v) is 21.8. The van der Waals surface area contributed by atoms with Crippen molar-refractivity contribution < 1.29 is 21.6 Å². The lowest BCUT2D eigenvalue weighted by molar-refractivity contribution is -0.0205. The lowest BCUT2D eigenvalue weighted by atomic mass is 9.63. The third-order valence-electron chi connectivity index (χ3n) is 8.10. The van der Waals surface area contributed by atoms with E-state index in [0.29, 0.717) is 24.2 Å². The Labute approximate surface area is 210 Å². The maximum atomic E-state index is 14.9. The van der Waals surface area contributed by atoms with Gasteiger partial charge in [0.05, 0.1) is 0 Å². The van der Waals surface area contributed by atoms with Gasteiger partial charge in [0.1, 0.15) is 17.5 Å². The second-order valence-electron chi connectivity index (χ2n) is 11.9. The van der Waals surface area contributed by atoms with Crippen molar-refractivity contribution in [1.29, 1.82) is 0 Å². The molecule has 1 aromatic carbocycles. The Kier molecular flexibility index (Phi) is 6.06. The van der Waals surface area contributed by atoms with Crippen LogP contribution in [0, 0.1) is 28.4 Å². The minimum Gasteiger partial charge on any atom is -0.370 e. The molecule has 0 bridgehead atoms. The van der Waals surface area contributed by atoms with Gasteiger partial charge in [0, 0.05) is 36.3 Å². The topological polar surface area (TPSA) is 65.5 Å². The minimum absolute atomic E-state index is 0.0233. The molecule has 5 rings (SSSR count). The Morgan fingerprint density at radius 1 is 1.00 bits per heavy atom. The normalized spacial score (nSPS) is 22.7. The second kappa shape index (κ2) is 8.62. The number of aromatic nitrogens is 1. The third-order valence-corrected chi connectivity index (χ3v) is 9.51. The number of pyridine rings is 1. The standard InChI is InChI=1S/C26H33F3N4O2S/c1-24(2)10-11-33(15-24)26(8-5-9-26)14-25(3)16-32(17-25)18-12-19(27)23(20(28)13-18)36(34,35)31-22-7-4-6-21(29)30-22/h4,6-7,12-13H,5,8-11,14-17H2,1-3H3,(H,30,31). The average molecular weight is 523 g/mol. The predicted octanol–water partition coefficient (Wildman–Crippen LogP) is 5.17. The van der Waals surface area contributed by atoms with E-state index in [2.05, 4.69) is 30.7 Å². The van der Waals surface area contributed by atoms with Gasteiger partial charge in [-0.1, -0.05) is 26.8 Å². The molecule has 196 valence electrons. The van der Waals surface area contributed by atoms with Gasteiger partial charge < -0.3 is 4.90 Å². The number of hydrogen-bond acceptors (Lipinski definition) is 5. The molecule has 3 heterocycles. The summed E-state index contributed by atoms with van der Waals surface area (Å²) in [7, 11) is -4.64. The van der Waals surface area contributed by atoms with Gasteiger partial charge in [0.15, 0.2) is 4.90 Å². The first-order chi connectivity index (χ1) is 16.8. The van der Waals surface area contributed by atoms with E-state index >= 15 is 0 Å². The lowest BCUT2D eigenvalue weighted by Gasteiger charge is -2.58. The predicted molar refractivity (Wildman–Crippen MR) is 133 cm³/mol. The molecule has 1 N–H and O–H groups in total. The minimum atomic E-state index is -4.64. The Morgan fingerprint density at radius 2 is 1.67 bits per heavy atom. The summed E-state index contributed by atoms with van der Waals surface area (Å²) in [5.74, 6) is -3.67. The summed E-state index contributed by atoms with van der Waals surface area (Å²) < 4.78 is 70.3. The van der Waals surface area contributed by atoms with Crippen LogP contribution in [0.2, 0.25) is 0 Å². The highest BCUT2D eigenvalue weighted by Crippen LogP contribution is 2.52. The molecule has 1 aromatic heterocycles. The monoisotopic (exact) mass is 522 g/mol. The van der Waals surface area contributed by atoms with Crippen molar-refractivity contribution in [2.75, 3.05) is 35.8 Å². The number of sulfonamides is 1. The van der Waals surface area contributed by atoms with E-state index in [9.17, 15) is 21.6 Å². The Bertz CT molecular complexity index is 1250.